The van der Waals surface area contributed by atoms with Crippen LogP contribution in [0.25, 0.3) is 6.08 Å². The first-order valence-electron chi connectivity index (χ1n) is 7.71. The Morgan fingerprint density at radius 3 is 2.82 bits per heavy atom. The molecule has 1 amide bonds. The summed E-state index contributed by atoms with van der Waals surface area (Å²) in [6.45, 7) is 8.30. The maximum atomic E-state index is 11.8. The predicted octanol–water partition coefficient (Wildman–Crippen LogP) is 3.20. The minimum atomic E-state index is -0.104. The van der Waals surface area contributed by atoms with Gasteiger partial charge in [0.15, 0.2) is 0 Å². The number of amides is 1. The molecule has 122 valence electrons. The Bertz CT molecular complexity index is 495. The number of rotatable bonds is 9. The van der Waals surface area contributed by atoms with E-state index in [1.807, 2.05) is 25.1 Å². The van der Waals surface area contributed by atoms with Crippen LogP contribution in [-0.4, -0.2) is 32.8 Å². The van der Waals surface area contributed by atoms with Gasteiger partial charge >= 0.3 is 0 Å². The van der Waals surface area contributed by atoms with E-state index >= 15 is 0 Å². The quantitative estimate of drug-likeness (QED) is 0.563. The number of carbonyl (C=O) groups is 1. The van der Waals surface area contributed by atoms with Gasteiger partial charge in [-0.25, -0.2) is 0 Å². The van der Waals surface area contributed by atoms with Gasteiger partial charge in [0, 0.05) is 31.4 Å². The van der Waals surface area contributed by atoms with E-state index in [1.54, 1.807) is 13.2 Å². The van der Waals surface area contributed by atoms with E-state index in [1.165, 1.54) is 6.08 Å². The molecular formula is C18H27NO3. The zero-order valence-corrected chi connectivity index (χ0v) is 14.0. The summed E-state index contributed by atoms with van der Waals surface area (Å²) in [6, 6.07) is 5.87. The lowest BCUT2D eigenvalue weighted by Crippen LogP contribution is -2.23. The highest BCUT2D eigenvalue weighted by Gasteiger charge is 2.01. The second-order valence-electron chi connectivity index (χ2n) is 5.69. The van der Waals surface area contributed by atoms with Crippen LogP contribution < -0.4 is 10.1 Å². The van der Waals surface area contributed by atoms with Gasteiger partial charge in [-0.3, -0.25) is 4.79 Å². The Morgan fingerprint density at radius 1 is 1.36 bits per heavy atom. The van der Waals surface area contributed by atoms with Crippen molar-refractivity contribution in [2.24, 2.45) is 5.92 Å². The lowest BCUT2D eigenvalue weighted by Gasteiger charge is -2.07. The molecular weight excluding hydrogens is 278 g/mol. The molecule has 22 heavy (non-hydrogen) atoms. The van der Waals surface area contributed by atoms with Gasteiger partial charge in [-0.1, -0.05) is 25.5 Å². The van der Waals surface area contributed by atoms with Crippen LogP contribution in [0.1, 0.15) is 31.4 Å². The molecule has 0 aliphatic rings. The fourth-order valence-corrected chi connectivity index (χ4v) is 1.91. The third kappa shape index (κ3) is 7.27. The molecule has 0 unspecified atom stereocenters. The third-order valence-electron chi connectivity index (χ3n) is 3.02. The lowest BCUT2D eigenvalue weighted by molar-refractivity contribution is -0.116. The highest BCUT2D eigenvalue weighted by molar-refractivity contribution is 5.92. The van der Waals surface area contributed by atoms with Gasteiger partial charge in [-0.05, 0) is 37.5 Å². The molecule has 0 aromatic heterocycles. The highest BCUT2D eigenvalue weighted by atomic mass is 16.5. The van der Waals surface area contributed by atoms with Crippen molar-refractivity contribution in [2.45, 2.75) is 27.2 Å². The minimum Gasteiger partial charge on any atom is -0.496 e. The summed E-state index contributed by atoms with van der Waals surface area (Å²) >= 11 is 0. The number of aryl methyl sites for hydroxylation is 1. The first kappa shape index (κ1) is 18.2. The molecule has 1 aromatic rings. The number of hydrogen-bond donors (Lipinski definition) is 1. The predicted molar refractivity (Wildman–Crippen MR) is 90.0 cm³/mol. The maximum Gasteiger partial charge on any atom is 0.244 e. The molecule has 0 bridgehead atoms. The van der Waals surface area contributed by atoms with E-state index in [-0.39, 0.29) is 5.91 Å². The van der Waals surface area contributed by atoms with Gasteiger partial charge < -0.3 is 14.8 Å². The second kappa shape index (κ2) is 10.0. The largest absolute Gasteiger partial charge is 0.496 e. The van der Waals surface area contributed by atoms with Crippen molar-refractivity contribution in [3.63, 3.8) is 0 Å². The number of hydrogen-bond acceptors (Lipinski definition) is 3. The lowest BCUT2D eigenvalue weighted by atomic mass is 10.1. The summed E-state index contributed by atoms with van der Waals surface area (Å²) in [7, 11) is 1.62. The Morgan fingerprint density at radius 2 is 2.14 bits per heavy atom. The van der Waals surface area contributed by atoms with E-state index in [0.29, 0.717) is 19.1 Å². The van der Waals surface area contributed by atoms with Crippen LogP contribution >= 0.6 is 0 Å². The summed E-state index contributed by atoms with van der Waals surface area (Å²) in [5.74, 6) is 1.20. The monoisotopic (exact) mass is 305 g/mol. The normalized spacial score (nSPS) is 11.1. The SMILES string of the molecule is COc1ccc(C)cc1/C=C/C(=O)NCCCOCC(C)C. The van der Waals surface area contributed by atoms with Gasteiger partial charge in [0.25, 0.3) is 0 Å². The van der Waals surface area contributed by atoms with Gasteiger partial charge in [-0.15, -0.1) is 0 Å². The third-order valence-corrected chi connectivity index (χ3v) is 3.02. The van der Waals surface area contributed by atoms with Crippen molar-refractivity contribution in [3.8, 4) is 5.75 Å². The van der Waals surface area contributed by atoms with Crippen molar-refractivity contribution in [3.05, 3.63) is 35.4 Å². The zero-order valence-electron chi connectivity index (χ0n) is 14.0. The van der Waals surface area contributed by atoms with E-state index in [4.69, 9.17) is 9.47 Å². The van der Waals surface area contributed by atoms with E-state index in [9.17, 15) is 4.79 Å². The van der Waals surface area contributed by atoms with E-state index < -0.39 is 0 Å². The fraction of sp³-hybridized carbons (Fsp3) is 0.500. The molecule has 0 fully saturated rings. The molecule has 0 atom stereocenters. The number of ether oxygens (including phenoxy) is 2. The van der Waals surface area contributed by atoms with Crippen molar-refractivity contribution >= 4 is 12.0 Å². The van der Waals surface area contributed by atoms with Gasteiger partial charge in [0.2, 0.25) is 5.91 Å². The summed E-state index contributed by atoms with van der Waals surface area (Å²) in [4.78, 5) is 11.8. The molecule has 1 N–H and O–H groups in total. The Balaban J connectivity index is 2.34. The summed E-state index contributed by atoms with van der Waals surface area (Å²) in [6.07, 6.45) is 4.13. The van der Waals surface area contributed by atoms with Crippen LogP contribution in [0.15, 0.2) is 24.3 Å². The van der Waals surface area contributed by atoms with Crippen LogP contribution in [0.4, 0.5) is 0 Å². The van der Waals surface area contributed by atoms with Gasteiger partial charge in [0.05, 0.1) is 7.11 Å². The van der Waals surface area contributed by atoms with Gasteiger partial charge in [-0.2, -0.15) is 0 Å². The molecule has 0 saturated carbocycles. The number of benzene rings is 1. The molecule has 4 heteroatoms. The molecule has 0 heterocycles. The highest BCUT2D eigenvalue weighted by Crippen LogP contribution is 2.20. The van der Waals surface area contributed by atoms with Crippen LogP contribution in [0, 0.1) is 12.8 Å². The Hall–Kier alpha value is -1.81. The molecule has 4 nitrogen and oxygen atoms in total. The van der Waals surface area contributed by atoms with Crippen LogP contribution in [-0.2, 0) is 9.53 Å². The number of nitrogens with one attached hydrogen (secondary N) is 1. The minimum absolute atomic E-state index is 0.104. The summed E-state index contributed by atoms with van der Waals surface area (Å²) in [5.41, 5.74) is 2.03. The summed E-state index contributed by atoms with van der Waals surface area (Å²) in [5, 5.41) is 2.85. The molecule has 0 aliphatic heterocycles. The zero-order chi connectivity index (χ0) is 16.4. The topological polar surface area (TPSA) is 47.6 Å². The number of carbonyl (C=O) groups excluding carboxylic acids is 1. The van der Waals surface area contributed by atoms with Crippen molar-refractivity contribution < 1.29 is 14.3 Å². The van der Waals surface area contributed by atoms with Crippen molar-refractivity contribution in [1.29, 1.82) is 0 Å². The van der Waals surface area contributed by atoms with Crippen LogP contribution in [0.5, 0.6) is 5.75 Å². The van der Waals surface area contributed by atoms with E-state index in [0.717, 1.165) is 29.9 Å². The van der Waals surface area contributed by atoms with Crippen LogP contribution in [0.3, 0.4) is 0 Å². The van der Waals surface area contributed by atoms with Gasteiger partial charge in [0.1, 0.15) is 5.75 Å². The van der Waals surface area contributed by atoms with Crippen molar-refractivity contribution in [2.75, 3.05) is 26.9 Å². The van der Waals surface area contributed by atoms with E-state index in [2.05, 4.69) is 19.2 Å². The second-order valence-corrected chi connectivity index (χ2v) is 5.69. The molecule has 0 spiro atoms. The first-order chi connectivity index (χ1) is 10.5. The molecule has 1 aromatic carbocycles. The maximum absolute atomic E-state index is 11.8. The molecule has 0 saturated heterocycles. The van der Waals surface area contributed by atoms with Crippen LogP contribution in [0.2, 0.25) is 0 Å². The summed E-state index contributed by atoms with van der Waals surface area (Å²) < 4.78 is 10.7. The average molecular weight is 305 g/mol. The molecule has 0 aliphatic carbocycles. The Kier molecular flexibility index (Phi) is 8.30. The molecule has 1 rings (SSSR count). The number of methoxy groups -OCH3 is 1. The Labute approximate surface area is 133 Å². The molecule has 0 radical (unpaired) electrons. The average Bonchev–Trinajstić information content (AvgIpc) is 2.48. The smallest absolute Gasteiger partial charge is 0.244 e. The fourth-order valence-electron chi connectivity index (χ4n) is 1.91. The standard InChI is InChI=1S/C18H27NO3/c1-14(2)13-22-11-5-10-19-18(20)9-7-16-12-15(3)6-8-17(16)21-4/h6-9,12,14H,5,10-11,13H2,1-4H3,(H,19,20)/b9-7+. The first-order valence-corrected chi connectivity index (χ1v) is 7.71. The van der Waals surface area contributed by atoms with Crippen molar-refractivity contribution in [1.82, 2.24) is 5.32 Å².